The molecule has 1 aliphatic heterocycles. The lowest BCUT2D eigenvalue weighted by atomic mass is 10.2. The molecule has 0 unspecified atom stereocenters. The Morgan fingerprint density at radius 2 is 1.85 bits per heavy atom. The van der Waals surface area contributed by atoms with Gasteiger partial charge in [-0.3, -0.25) is 9.69 Å². The van der Waals surface area contributed by atoms with E-state index in [0.717, 1.165) is 0 Å². The quantitative estimate of drug-likeness (QED) is 0.491. The molecule has 4 rings (SSSR count). The molecule has 0 radical (unpaired) electrons. The fourth-order valence-corrected chi connectivity index (χ4v) is 4.19. The Kier molecular flexibility index (Phi) is 6.57. The molecule has 2 aromatic carbocycles. The van der Waals surface area contributed by atoms with Crippen molar-refractivity contribution in [3.63, 3.8) is 0 Å². The molecule has 10 heteroatoms. The van der Waals surface area contributed by atoms with E-state index in [0.29, 0.717) is 35.9 Å². The maximum absolute atomic E-state index is 12.4. The van der Waals surface area contributed by atoms with Crippen molar-refractivity contribution in [3.8, 4) is 0 Å². The number of furan rings is 1. The zero-order valence-electron chi connectivity index (χ0n) is 17.4. The number of ether oxygens (including phenoxy) is 1. The van der Waals surface area contributed by atoms with E-state index in [9.17, 15) is 18.0 Å². The van der Waals surface area contributed by atoms with Gasteiger partial charge in [-0.25, -0.2) is 17.9 Å². The van der Waals surface area contributed by atoms with Gasteiger partial charge in [-0.1, -0.05) is 24.3 Å². The summed E-state index contributed by atoms with van der Waals surface area (Å²) in [4.78, 5) is 25.8. The highest BCUT2D eigenvalue weighted by Gasteiger charge is 2.25. The number of amides is 2. The minimum absolute atomic E-state index is 0.0494. The smallest absolute Gasteiger partial charge is 0.414 e. The lowest BCUT2D eigenvalue weighted by molar-refractivity contribution is -0.111. The third kappa shape index (κ3) is 5.48. The predicted octanol–water partition coefficient (Wildman–Crippen LogP) is 3.37. The number of rotatable bonds is 8. The summed E-state index contributed by atoms with van der Waals surface area (Å²) < 4.78 is 37.4. The highest BCUT2D eigenvalue weighted by atomic mass is 32.2. The topological polar surface area (TPSA) is 118 Å². The van der Waals surface area contributed by atoms with Gasteiger partial charge in [0.2, 0.25) is 15.9 Å². The Hall–Kier alpha value is -3.89. The van der Waals surface area contributed by atoms with Crippen LogP contribution in [0.2, 0.25) is 0 Å². The number of carbonyl (C=O) groups excluding carboxylic acids is 2. The molecular weight excluding hydrogens is 446 g/mol. The van der Waals surface area contributed by atoms with Crippen LogP contribution < -0.4 is 14.9 Å². The SMILES string of the molecule is O=C(/C=C/c1ccc(S(=O)(=O)NCc2ccco2)cc1)Nc1ccccc1N1CCOC1=O. The maximum atomic E-state index is 12.4. The number of cyclic esters (lactones) is 1. The standard InChI is InChI=1S/C23H21N3O6S/c27-22(25-20-5-1-2-6-21(20)26-13-15-32-23(26)28)12-9-17-7-10-19(11-8-17)33(29,30)24-16-18-4-3-14-31-18/h1-12,14,24H,13,15-16H2,(H,25,27)/b12-9+. The first-order chi connectivity index (χ1) is 15.9. The van der Waals surface area contributed by atoms with Crippen LogP contribution in [0.5, 0.6) is 0 Å². The number of hydrogen-bond donors (Lipinski definition) is 2. The average molecular weight is 468 g/mol. The van der Waals surface area contributed by atoms with Crippen LogP contribution in [0.15, 0.2) is 82.3 Å². The van der Waals surface area contributed by atoms with Gasteiger partial charge in [0, 0.05) is 6.08 Å². The number of nitrogens with zero attached hydrogens (tertiary/aromatic N) is 1. The highest BCUT2D eigenvalue weighted by molar-refractivity contribution is 7.89. The largest absolute Gasteiger partial charge is 0.468 e. The first kappa shape index (κ1) is 22.3. The number of para-hydroxylation sites is 2. The minimum atomic E-state index is -3.70. The van der Waals surface area contributed by atoms with Crippen molar-refractivity contribution in [3.05, 3.63) is 84.3 Å². The molecule has 0 aliphatic carbocycles. The van der Waals surface area contributed by atoms with Crippen LogP contribution >= 0.6 is 0 Å². The van der Waals surface area contributed by atoms with Crippen molar-refractivity contribution in [2.45, 2.75) is 11.4 Å². The Bertz CT molecular complexity index is 1270. The molecule has 2 N–H and O–H groups in total. The van der Waals surface area contributed by atoms with Crippen LogP contribution in [0.25, 0.3) is 6.08 Å². The zero-order chi connectivity index (χ0) is 23.3. The lowest BCUT2D eigenvalue weighted by Crippen LogP contribution is -2.25. The van der Waals surface area contributed by atoms with Gasteiger partial charge in [0.05, 0.1) is 35.6 Å². The third-order valence-electron chi connectivity index (χ3n) is 4.85. The molecule has 33 heavy (non-hydrogen) atoms. The number of hydrogen-bond acceptors (Lipinski definition) is 6. The minimum Gasteiger partial charge on any atom is -0.468 e. The van der Waals surface area contributed by atoms with Crippen molar-refractivity contribution in [1.82, 2.24) is 4.72 Å². The van der Waals surface area contributed by atoms with E-state index in [1.54, 1.807) is 54.6 Å². The first-order valence-electron chi connectivity index (χ1n) is 10.1. The van der Waals surface area contributed by atoms with Crippen molar-refractivity contribution in [2.75, 3.05) is 23.4 Å². The fraction of sp³-hybridized carbons (Fsp3) is 0.130. The summed E-state index contributed by atoms with van der Waals surface area (Å²) in [5.41, 5.74) is 1.68. The van der Waals surface area contributed by atoms with Crippen LogP contribution in [-0.4, -0.2) is 33.6 Å². The Labute approximate surface area is 190 Å². The summed E-state index contributed by atoms with van der Waals surface area (Å²) in [5, 5.41) is 2.75. The van der Waals surface area contributed by atoms with E-state index < -0.39 is 22.0 Å². The van der Waals surface area contributed by atoms with E-state index in [1.807, 2.05) is 0 Å². The van der Waals surface area contributed by atoms with E-state index in [-0.39, 0.29) is 11.4 Å². The summed E-state index contributed by atoms with van der Waals surface area (Å²) in [5.74, 6) is 0.110. The van der Waals surface area contributed by atoms with Gasteiger partial charge in [0.25, 0.3) is 0 Å². The maximum Gasteiger partial charge on any atom is 0.414 e. The van der Waals surface area contributed by atoms with Gasteiger partial charge in [0.1, 0.15) is 12.4 Å². The molecule has 1 fully saturated rings. The number of sulfonamides is 1. The van der Waals surface area contributed by atoms with Gasteiger partial charge in [-0.2, -0.15) is 0 Å². The summed E-state index contributed by atoms with van der Waals surface area (Å²) in [6.45, 7) is 0.756. The molecule has 0 atom stereocenters. The lowest BCUT2D eigenvalue weighted by Gasteiger charge is -2.17. The molecule has 1 saturated heterocycles. The number of anilines is 2. The molecule has 170 valence electrons. The second-order valence-electron chi connectivity index (χ2n) is 7.08. The van der Waals surface area contributed by atoms with Crippen LogP contribution in [0, 0.1) is 0 Å². The molecule has 1 aromatic heterocycles. The molecule has 9 nitrogen and oxygen atoms in total. The highest BCUT2D eigenvalue weighted by Crippen LogP contribution is 2.28. The van der Waals surface area contributed by atoms with Crippen LogP contribution in [0.1, 0.15) is 11.3 Å². The predicted molar refractivity (Wildman–Crippen MR) is 122 cm³/mol. The fourth-order valence-electron chi connectivity index (χ4n) is 3.19. The van der Waals surface area contributed by atoms with E-state index in [1.165, 1.54) is 29.4 Å². The third-order valence-corrected chi connectivity index (χ3v) is 6.26. The molecule has 1 aliphatic rings. The van der Waals surface area contributed by atoms with Gasteiger partial charge in [0.15, 0.2) is 0 Å². The van der Waals surface area contributed by atoms with Crippen molar-refractivity contribution in [2.24, 2.45) is 0 Å². The Morgan fingerprint density at radius 1 is 1.06 bits per heavy atom. The normalized spacial score (nSPS) is 13.9. The average Bonchev–Trinajstić information content (AvgIpc) is 3.49. The summed E-state index contributed by atoms with van der Waals surface area (Å²) in [6, 6.07) is 16.4. The molecule has 2 amide bonds. The molecule has 3 aromatic rings. The van der Waals surface area contributed by atoms with Crippen molar-refractivity contribution in [1.29, 1.82) is 0 Å². The van der Waals surface area contributed by atoms with Crippen LogP contribution in [0.3, 0.4) is 0 Å². The van der Waals surface area contributed by atoms with Crippen LogP contribution in [-0.2, 0) is 26.1 Å². The van der Waals surface area contributed by atoms with Crippen LogP contribution in [0.4, 0.5) is 16.2 Å². The zero-order valence-corrected chi connectivity index (χ0v) is 18.2. The van der Waals surface area contributed by atoms with Crippen molar-refractivity contribution >= 4 is 39.5 Å². The number of carbonyl (C=O) groups is 2. The molecule has 0 saturated carbocycles. The second kappa shape index (κ2) is 9.72. The van der Waals surface area contributed by atoms with E-state index in [4.69, 9.17) is 9.15 Å². The molecule has 0 spiro atoms. The number of nitrogens with one attached hydrogen (secondary N) is 2. The summed E-state index contributed by atoms with van der Waals surface area (Å²) in [7, 11) is -3.70. The Balaban J connectivity index is 1.38. The molecular formula is C23H21N3O6S. The monoisotopic (exact) mass is 467 g/mol. The first-order valence-corrected chi connectivity index (χ1v) is 11.6. The van der Waals surface area contributed by atoms with E-state index >= 15 is 0 Å². The molecule has 2 heterocycles. The molecule has 0 bridgehead atoms. The van der Waals surface area contributed by atoms with Gasteiger partial charge >= 0.3 is 6.09 Å². The van der Waals surface area contributed by atoms with Gasteiger partial charge in [-0.05, 0) is 48.0 Å². The van der Waals surface area contributed by atoms with Gasteiger partial charge in [-0.15, -0.1) is 0 Å². The number of benzene rings is 2. The summed E-state index contributed by atoms with van der Waals surface area (Å²) in [6.07, 6.45) is 3.91. The Morgan fingerprint density at radius 3 is 2.55 bits per heavy atom. The summed E-state index contributed by atoms with van der Waals surface area (Å²) >= 11 is 0. The second-order valence-corrected chi connectivity index (χ2v) is 8.85. The van der Waals surface area contributed by atoms with E-state index in [2.05, 4.69) is 10.0 Å². The van der Waals surface area contributed by atoms with Crippen molar-refractivity contribution < 1.29 is 27.2 Å². The van der Waals surface area contributed by atoms with Gasteiger partial charge < -0.3 is 14.5 Å².